The van der Waals surface area contributed by atoms with Gasteiger partial charge in [0.1, 0.15) is 12.4 Å². The summed E-state index contributed by atoms with van der Waals surface area (Å²) < 4.78 is 16.0. The zero-order valence-corrected chi connectivity index (χ0v) is 12.6. The van der Waals surface area contributed by atoms with Crippen molar-refractivity contribution in [2.24, 2.45) is 0 Å². The van der Waals surface area contributed by atoms with E-state index in [9.17, 15) is 9.50 Å². The van der Waals surface area contributed by atoms with Crippen LogP contribution in [0.1, 0.15) is 26.6 Å². The Morgan fingerprint density at radius 3 is 2.58 bits per heavy atom. The quantitative estimate of drug-likeness (QED) is 0.922. The van der Waals surface area contributed by atoms with Crippen LogP contribution in [0.25, 0.3) is 11.4 Å². The van der Waals surface area contributed by atoms with Gasteiger partial charge in [-0.2, -0.15) is 0 Å². The highest BCUT2D eigenvalue weighted by molar-refractivity contribution is 9.10. The summed E-state index contributed by atoms with van der Waals surface area (Å²) in [7, 11) is 0. The highest BCUT2D eigenvalue weighted by Gasteiger charge is 2.24. The van der Waals surface area contributed by atoms with E-state index in [1.807, 2.05) is 25.3 Å². The smallest absolute Gasteiger partial charge is 0.165 e. The van der Waals surface area contributed by atoms with Crippen molar-refractivity contribution in [2.45, 2.75) is 32.9 Å². The molecular formula is C13H15BrFN3O. The Hall–Kier alpha value is -1.27. The molecule has 4 nitrogen and oxygen atoms in total. The minimum Gasteiger partial charge on any atom is -0.388 e. The molecule has 1 N–H and O–H groups in total. The molecule has 0 bridgehead atoms. The molecule has 0 aliphatic rings. The van der Waals surface area contributed by atoms with E-state index in [0.29, 0.717) is 17.2 Å². The van der Waals surface area contributed by atoms with Crippen molar-refractivity contribution in [3.05, 3.63) is 34.3 Å². The predicted octanol–water partition coefficient (Wildman–Crippen LogP) is 3.09. The van der Waals surface area contributed by atoms with Gasteiger partial charge in [0.15, 0.2) is 11.6 Å². The zero-order chi connectivity index (χ0) is 14.2. The minimum absolute atomic E-state index is 0.211. The Bertz CT molecular complexity index is 604. The first-order valence-corrected chi connectivity index (χ1v) is 6.65. The largest absolute Gasteiger partial charge is 0.388 e. The van der Waals surface area contributed by atoms with Gasteiger partial charge in [0.25, 0.3) is 0 Å². The first kappa shape index (κ1) is 14.1. The highest BCUT2D eigenvalue weighted by atomic mass is 79.9. The fraction of sp³-hybridized carbons (Fsp3) is 0.385. The summed E-state index contributed by atoms with van der Waals surface area (Å²) in [6, 6.07) is 4.40. The van der Waals surface area contributed by atoms with E-state index in [2.05, 4.69) is 26.1 Å². The summed E-state index contributed by atoms with van der Waals surface area (Å²) in [6.45, 7) is 5.72. The van der Waals surface area contributed by atoms with Crippen LogP contribution in [-0.2, 0) is 12.1 Å². The van der Waals surface area contributed by atoms with Gasteiger partial charge >= 0.3 is 0 Å². The van der Waals surface area contributed by atoms with Crippen molar-refractivity contribution in [3.8, 4) is 11.4 Å². The van der Waals surface area contributed by atoms with E-state index in [1.165, 1.54) is 12.1 Å². The summed E-state index contributed by atoms with van der Waals surface area (Å²) in [5.41, 5.74) is 0.296. The topological polar surface area (TPSA) is 50.9 Å². The second-order valence-electron chi connectivity index (χ2n) is 5.23. The number of hydrogen-bond donors (Lipinski definition) is 1. The van der Waals surface area contributed by atoms with Crippen molar-refractivity contribution in [2.75, 3.05) is 0 Å². The summed E-state index contributed by atoms with van der Waals surface area (Å²) in [5, 5.41) is 17.4. The van der Waals surface area contributed by atoms with E-state index < -0.39 is 0 Å². The molecular weight excluding hydrogens is 313 g/mol. The van der Waals surface area contributed by atoms with Gasteiger partial charge in [0.2, 0.25) is 0 Å². The molecule has 0 saturated heterocycles. The van der Waals surface area contributed by atoms with Crippen LogP contribution in [0, 0.1) is 5.82 Å². The van der Waals surface area contributed by atoms with Crippen LogP contribution in [-0.4, -0.2) is 19.9 Å². The van der Waals surface area contributed by atoms with E-state index in [1.54, 1.807) is 6.07 Å². The molecule has 2 aromatic rings. The Morgan fingerprint density at radius 2 is 2.00 bits per heavy atom. The molecule has 0 unspecified atom stereocenters. The van der Waals surface area contributed by atoms with E-state index in [4.69, 9.17) is 0 Å². The number of aliphatic hydroxyl groups is 1. The fourth-order valence-corrected chi connectivity index (χ4v) is 2.39. The van der Waals surface area contributed by atoms with Gasteiger partial charge < -0.3 is 9.67 Å². The molecule has 1 aromatic heterocycles. The number of aromatic nitrogens is 3. The highest BCUT2D eigenvalue weighted by Crippen LogP contribution is 2.31. The lowest BCUT2D eigenvalue weighted by molar-refractivity contribution is 0.250. The second kappa shape index (κ2) is 5.02. The molecule has 0 radical (unpaired) electrons. The van der Waals surface area contributed by atoms with Crippen LogP contribution >= 0.6 is 15.9 Å². The number of aliphatic hydroxyl groups excluding tert-OH is 1. The van der Waals surface area contributed by atoms with Crippen LogP contribution < -0.4 is 0 Å². The normalized spacial score (nSPS) is 11.9. The predicted molar refractivity (Wildman–Crippen MR) is 74.0 cm³/mol. The van der Waals surface area contributed by atoms with Gasteiger partial charge in [-0.25, -0.2) is 4.39 Å². The average molecular weight is 328 g/mol. The van der Waals surface area contributed by atoms with Crippen LogP contribution in [0.2, 0.25) is 0 Å². The molecule has 19 heavy (non-hydrogen) atoms. The molecule has 0 saturated carbocycles. The van der Waals surface area contributed by atoms with Gasteiger partial charge in [-0.15, -0.1) is 10.2 Å². The Morgan fingerprint density at radius 1 is 1.32 bits per heavy atom. The second-order valence-corrected chi connectivity index (χ2v) is 6.08. The van der Waals surface area contributed by atoms with Crippen molar-refractivity contribution in [1.29, 1.82) is 0 Å². The number of hydrogen-bond acceptors (Lipinski definition) is 3. The zero-order valence-electron chi connectivity index (χ0n) is 11.0. The third kappa shape index (κ3) is 2.69. The summed E-state index contributed by atoms with van der Waals surface area (Å²) in [4.78, 5) is 0. The lowest BCUT2D eigenvalue weighted by Crippen LogP contribution is -2.25. The molecule has 0 aliphatic carbocycles. The number of rotatable bonds is 2. The molecule has 2 rings (SSSR count). The molecule has 1 heterocycles. The molecule has 0 amide bonds. The van der Waals surface area contributed by atoms with Crippen molar-refractivity contribution in [1.82, 2.24) is 14.8 Å². The SMILES string of the molecule is CC(C)(C)n1c(CO)nnc1-c1cc(F)ccc1Br. The van der Waals surface area contributed by atoms with Crippen LogP contribution in [0.15, 0.2) is 22.7 Å². The monoisotopic (exact) mass is 327 g/mol. The van der Waals surface area contributed by atoms with Crippen molar-refractivity contribution in [3.63, 3.8) is 0 Å². The van der Waals surface area contributed by atoms with Crippen LogP contribution in [0.5, 0.6) is 0 Å². The van der Waals surface area contributed by atoms with Crippen molar-refractivity contribution < 1.29 is 9.50 Å². The van der Waals surface area contributed by atoms with Gasteiger partial charge in [0, 0.05) is 15.6 Å². The fourth-order valence-electron chi connectivity index (χ4n) is 1.97. The van der Waals surface area contributed by atoms with E-state index in [0.717, 1.165) is 4.47 Å². The van der Waals surface area contributed by atoms with Gasteiger partial charge in [-0.1, -0.05) is 15.9 Å². The molecule has 0 fully saturated rings. The maximum absolute atomic E-state index is 13.4. The lowest BCUT2D eigenvalue weighted by atomic mass is 10.1. The number of benzene rings is 1. The maximum Gasteiger partial charge on any atom is 0.165 e. The maximum atomic E-state index is 13.4. The Labute approximate surface area is 119 Å². The molecule has 6 heteroatoms. The molecule has 0 atom stereocenters. The van der Waals surface area contributed by atoms with Gasteiger partial charge in [-0.3, -0.25) is 0 Å². The molecule has 0 aliphatic heterocycles. The lowest BCUT2D eigenvalue weighted by Gasteiger charge is -2.24. The van der Waals surface area contributed by atoms with Gasteiger partial charge in [0.05, 0.1) is 0 Å². The van der Waals surface area contributed by atoms with Crippen LogP contribution in [0.4, 0.5) is 4.39 Å². The molecule has 0 spiro atoms. The Balaban J connectivity index is 2.69. The van der Waals surface area contributed by atoms with E-state index in [-0.39, 0.29) is 18.0 Å². The van der Waals surface area contributed by atoms with Crippen molar-refractivity contribution >= 4 is 15.9 Å². The Kier molecular flexibility index (Phi) is 3.73. The number of halogens is 2. The first-order chi connectivity index (χ1) is 8.84. The molecule has 1 aromatic carbocycles. The summed E-state index contributed by atoms with van der Waals surface area (Å²) in [5.74, 6) is 0.647. The first-order valence-electron chi connectivity index (χ1n) is 5.85. The van der Waals surface area contributed by atoms with Crippen LogP contribution in [0.3, 0.4) is 0 Å². The summed E-state index contributed by atoms with van der Waals surface area (Å²) >= 11 is 3.39. The van der Waals surface area contributed by atoms with E-state index >= 15 is 0 Å². The average Bonchev–Trinajstić information content (AvgIpc) is 2.75. The van der Waals surface area contributed by atoms with Gasteiger partial charge in [-0.05, 0) is 39.0 Å². The number of nitrogens with zero attached hydrogens (tertiary/aromatic N) is 3. The molecule has 102 valence electrons. The summed E-state index contributed by atoms with van der Waals surface area (Å²) in [6.07, 6.45) is 0. The third-order valence-electron chi connectivity index (χ3n) is 2.71. The standard InChI is InChI=1S/C13H15BrFN3O/c1-13(2,3)18-11(7-19)16-17-12(18)9-6-8(15)4-5-10(9)14/h4-6,19H,7H2,1-3H3. The third-order valence-corrected chi connectivity index (χ3v) is 3.40. The minimum atomic E-state index is -0.341.